The average molecular weight is 522 g/mol. The molecule has 2 heterocycles. The molecule has 4 nitrogen and oxygen atoms in total. The van der Waals surface area contributed by atoms with E-state index in [4.69, 9.17) is 4.74 Å². The molecule has 2 saturated heterocycles. The Hall–Kier alpha value is -1.48. The zero-order chi connectivity index (χ0) is 24.9. The zero-order valence-corrected chi connectivity index (χ0v) is 20.8. The Bertz CT molecular complexity index is 920. The summed E-state index contributed by atoms with van der Waals surface area (Å²) in [6.45, 7) is 6.57. The van der Waals surface area contributed by atoms with Crippen molar-refractivity contribution in [2.45, 2.75) is 37.3 Å². The molecule has 2 fully saturated rings. The van der Waals surface area contributed by atoms with Crippen LogP contribution in [-0.2, 0) is 23.1 Å². The molecule has 0 aliphatic carbocycles. The third-order valence-corrected chi connectivity index (χ3v) is 6.92. The van der Waals surface area contributed by atoms with Crippen molar-refractivity contribution >= 4 is 26.8 Å². The van der Waals surface area contributed by atoms with Crippen molar-refractivity contribution < 1.29 is 26.7 Å². The van der Waals surface area contributed by atoms with Gasteiger partial charge in [-0.2, -0.15) is 22.0 Å². The molecule has 1 aromatic carbocycles. The number of halogens is 5. The number of nitrogens with one attached hydrogen (secondary N) is 1. The van der Waals surface area contributed by atoms with Gasteiger partial charge in [-0.1, -0.05) is 39.7 Å². The Labute approximate surface area is 203 Å². The van der Waals surface area contributed by atoms with Gasteiger partial charge in [-0.15, -0.1) is 0 Å². The number of alkyl halides is 5. The number of rotatable bonds is 8. The number of thioether (sulfide) groups is 1. The minimum atomic E-state index is -4.67. The van der Waals surface area contributed by atoms with Crippen LogP contribution < -0.4 is 5.32 Å². The van der Waals surface area contributed by atoms with Gasteiger partial charge in [0, 0.05) is 24.1 Å². The van der Waals surface area contributed by atoms with Crippen molar-refractivity contribution in [3.63, 3.8) is 0 Å². The van der Waals surface area contributed by atoms with Crippen LogP contribution in [0, 0.1) is 5.92 Å². The maximum atomic E-state index is 14.1. The molecular formula is C23H29F5N3OPS. The van der Waals surface area contributed by atoms with Gasteiger partial charge in [-0.25, -0.2) is 0 Å². The van der Waals surface area contributed by atoms with E-state index < -0.39 is 23.0 Å². The van der Waals surface area contributed by atoms with Crippen molar-refractivity contribution in [2.24, 2.45) is 10.9 Å². The fourth-order valence-corrected chi connectivity index (χ4v) is 4.94. The quantitative estimate of drug-likeness (QED) is 0.209. The second-order valence-corrected chi connectivity index (χ2v) is 10.1. The van der Waals surface area contributed by atoms with E-state index in [0.29, 0.717) is 32.4 Å². The topological polar surface area (TPSA) is 36.9 Å². The summed E-state index contributed by atoms with van der Waals surface area (Å²) in [5.74, 6) is 1.06. The SMILES string of the molecule is C=CS/C(=C\C1CCN(Cc2ccc(C(F)(F)F)cc2C(F)(F)P)CC1)C(=NC)NC1COC1. The minimum absolute atomic E-state index is 0.174. The Morgan fingerprint density at radius 2 is 1.94 bits per heavy atom. The molecule has 1 N–H and O–H groups in total. The largest absolute Gasteiger partial charge is 0.416 e. The monoisotopic (exact) mass is 521 g/mol. The highest BCUT2D eigenvalue weighted by molar-refractivity contribution is 8.06. The molecular weight excluding hydrogens is 492 g/mol. The summed E-state index contributed by atoms with van der Waals surface area (Å²) in [6, 6.07) is 2.83. The Morgan fingerprint density at radius 3 is 2.44 bits per heavy atom. The van der Waals surface area contributed by atoms with Gasteiger partial charge in [0.05, 0.1) is 24.8 Å². The van der Waals surface area contributed by atoms with E-state index in [1.807, 2.05) is 4.90 Å². The number of amidine groups is 1. The van der Waals surface area contributed by atoms with E-state index >= 15 is 0 Å². The first-order valence-electron chi connectivity index (χ1n) is 10.9. The van der Waals surface area contributed by atoms with E-state index in [2.05, 4.69) is 23.0 Å². The van der Waals surface area contributed by atoms with Crippen LogP contribution in [0.2, 0.25) is 0 Å². The minimum Gasteiger partial charge on any atom is -0.377 e. The second-order valence-electron chi connectivity index (χ2n) is 8.37. The number of benzene rings is 1. The van der Waals surface area contributed by atoms with Gasteiger partial charge in [0.15, 0.2) is 0 Å². The zero-order valence-electron chi connectivity index (χ0n) is 18.9. The smallest absolute Gasteiger partial charge is 0.377 e. The number of hydrogen-bond donors (Lipinski definition) is 1. The first kappa shape index (κ1) is 27.1. The summed E-state index contributed by atoms with van der Waals surface area (Å²) in [6.07, 6.45) is -0.898. The molecule has 0 amide bonds. The van der Waals surface area contributed by atoms with Crippen LogP contribution in [0.3, 0.4) is 0 Å². The Balaban J connectivity index is 1.66. The van der Waals surface area contributed by atoms with Gasteiger partial charge in [0.25, 0.3) is 5.66 Å². The summed E-state index contributed by atoms with van der Waals surface area (Å²) in [5, 5.41) is 5.13. The number of ether oxygens (including phenoxy) is 1. The van der Waals surface area contributed by atoms with E-state index in [0.717, 1.165) is 29.6 Å². The highest BCUT2D eigenvalue weighted by atomic mass is 32.2. The Kier molecular flexibility index (Phi) is 9.17. The van der Waals surface area contributed by atoms with Crippen molar-refractivity contribution in [2.75, 3.05) is 33.4 Å². The highest BCUT2D eigenvalue weighted by Crippen LogP contribution is 2.41. The maximum Gasteiger partial charge on any atom is 0.416 e. The molecule has 1 aromatic rings. The van der Waals surface area contributed by atoms with Crippen LogP contribution in [0.1, 0.15) is 29.5 Å². The molecule has 11 heteroatoms. The molecule has 3 rings (SSSR count). The van der Waals surface area contributed by atoms with E-state index in [9.17, 15) is 22.0 Å². The first-order valence-corrected chi connectivity index (χ1v) is 12.4. The third-order valence-electron chi connectivity index (χ3n) is 5.86. The van der Waals surface area contributed by atoms with Crippen LogP contribution >= 0.6 is 21.0 Å². The second kappa shape index (κ2) is 11.5. The molecule has 0 spiro atoms. The molecule has 188 valence electrons. The van der Waals surface area contributed by atoms with Gasteiger partial charge in [-0.3, -0.25) is 9.89 Å². The van der Waals surface area contributed by atoms with Crippen molar-refractivity contribution in [3.8, 4) is 0 Å². The number of piperidine rings is 1. The van der Waals surface area contributed by atoms with Gasteiger partial charge >= 0.3 is 6.18 Å². The number of nitrogens with zero attached hydrogens (tertiary/aromatic N) is 2. The predicted molar refractivity (Wildman–Crippen MR) is 130 cm³/mol. The molecule has 0 saturated carbocycles. The predicted octanol–water partition coefficient (Wildman–Crippen LogP) is 5.62. The van der Waals surface area contributed by atoms with Gasteiger partial charge < -0.3 is 10.1 Å². The average Bonchev–Trinajstić information content (AvgIpc) is 2.73. The summed E-state index contributed by atoms with van der Waals surface area (Å²) >= 11 is 1.49. The van der Waals surface area contributed by atoms with Crippen LogP contribution in [-0.4, -0.2) is 50.1 Å². The first-order chi connectivity index (χ1) is 16.0. The fraction of sp³-hybridized carbons (Fsp3) is 0.522. The van der Waals surface area contributed by atoms with Crippen LogP contribution in [0.4, 0.5) is 22.0 Å². The van der Waals surface area contributed by atoms with Crippen LogP contribution in [0.25, 0.3) is 0 Å². The highest BCUT2D eigenvalue weighted by Gasteiger charge is 2.35. The lowest BCUT2D eigenvalue weighted by molar-refractivity contribution is -0.137. The van der Waals surface area contributed by atoms with E-state index in [1.165, 1.54) is 27.1 Å². The number of aliphatic imine (C=N–C) groups is 1. The lowest BCUT2D eigenvalue weighted by atomic mass is 9.95. The summed E-state index contributed by atoms with van der Waals surface area (Å²) in [7, 11) is 3.08. The van der Waals surface area contributed by atoms with Gasteiger partial charge in [-0.05, 0) is 55.0 Å². The lowest BCUT2D eigenvalue weighted by Gasteiger charge is -2.32. The number of likely N-dealkylation sites (tertiary alicyclic amines) is 1. The molecule has 0 aromatic heterocycles. The molecule has 1 unspecified atom stereocenters. The molecule has 0 radical (unpaired) electrons. The third kappa shape index (κ3) is 7.26. The molecule has 2 aliphatic rings. The van der Waals surface area contributed by atoms with Crippen LogP contribution in [0.15, 0.2) is 46.2 Å². The maximum absolute atomic E-state index is 14.1. The lowest BCUT2D eigenvalue weighted by Crippen LogP contribution is -2.48. The molecule has 2 aliphatic heterocycles. The van der Waals surface area contributed by atoms with E-state index in [1.54, 1.807) is 12.5 Å². The van der Waals surface area contributed by atoms with Gasteiger partial charge in [0.2, 0.25) is 0 Å². The van der Waals surface area contributed by atoms with Crippen molar-refractivity contribution in [1.82, 2.24) is 10.2 Å². The van der Waals surface area contributed by atoms with E-state index in [-0.39, 0.29) is 24.1 Å². The fourth-order valence-electron chi connectivity index (χ4n) is 3.96. The van der Waals surface area contributed by atoms with Crippen molar-refractivity contribution in [1.29, 1.82) is 0 Å². The summed E-state index contributed by atoms with van der Waals surface area (Å²) in [4.78, 5) is 7.36. The molecule has 0 bridgehead atoms. The summed E-state index contributed by atoms with van der Waals surface area (Å²) < 4.78 is 72.5. The normalized spacial score (nSPS) is 19.7. The van der Waals surface area contributed by atoms with Gasteiger partial charge in [0.1, 0.15) is 5.84 Å². The van der Waals surface area contributed by atoms with Crippen molar-refractivity contribution in [3.05, 3.63) is 57.9 Å². The molecule has 34 heavy (non-hydrogen) atoms. The molecule has 1 atom stereocenters. The van der Waals surface area contributed by atoms with Crippen LogP contribution in [0.5, 0.6) is 0 Å². The number of hydrogen-bond acceptors (Lipinski definition) is 4. The summed E-state index contributed by atoms with van der Waals surface area (Å²) in [5.41, 5.74) is -4.91. The number of allylic oxidation sites excluding steroid dienone is 1. The standard InChI is InChI=1S/C23H29F5N3OPS/c1-3-34-20(21(29-2)30-18-13-32-14-18)10-15-6-8-31(9-7-15)12-16-4-5-17(22(24,25)26)11-19(16)23(27,28)33/h3-5,10-11,15,18H,1,6-9,12-14,33H2,2H3,(H,29,30)/b20-10-. The Morgan fingerprint density at radius 1 is 1.26 bits per heavy atom.